The number of hydrogen-bond acceptors (Lipinski definition) is 5. The van der Waals surface area contributed by atoms with E-state index in [1.807, 2.05) is 54.3 Å². The highest BCUT2D eigenvalue weighted by atomic mass is 16.6. The van der Waals surface area contributed by atoms with Crippen LogP contribution >= 0.6 is 0 Å². The maximum absolute atomic E-state index is 12.5. The minimum Gasteiger partial charge on any atom is -0.444 e. The number of benzene rings is 2. The number of anilines is 3. The number of carbonyl (C=O) groups excluding carboxylic acids is 3. The molecule has 2 aromatic carbocycles. The Kier molecular flexibility index (Phi) is 8.04. The number of amides is 3. The van der Waals surface area contributed by atoms with Gasteiger partial charge in [-0.25, -0.2) is 4.79 Å². The maximum Gasteiger partial charge on any atom is 0.408 e. The number of para-hydroxylation sites is 1. The normalized spacial score (nSPS) is 18.2. The summed E-state index contributed by atoms with van der Waals surface area (Å²) in [6.45, 7) is 10.9. The van der Waals surface area contributed by atoms with Crippen molar-refractivity contribution in [3.8, 4) is 0 Å². The molecule has 0 spiro atoms. The molecule has 0 bridgehead atoms. The molecule has 35 heavy (non-hydrogen) atoms. The Bertz CT molecular complexity index is 1060. The lowest BCUT2D eigenvalue weighted by molar-refractivity contribution is -0.119. The molecule has 0 fully saturated rings. The van der Waals surface area contributed by atoms with Crippen molar-refractivity contribution < 1.29 is 19.1 Å². The van der Waals surface area contributed by atoms with Crippen LogP contribution in [0.15, 0.2) is 48.5 Å². The summed E-state index contributed by atoms with van der Waals surface area (Å²) in [6, 6.07) is 14.8. The quantitative estimate of drug-likeness (QED) is 0.526. The van der Waals surface area contributed by atoms with Crippen molar-refractivity contribution >= 4 is 35.0 Å². The molecule has 3 rings (SSSR count). The summed E-state index contributed by atoms with van der Waals surface area (Å²) < 4.78 is 5.20. The molecule has 1 aliphatic rings. The van der Waals surface area contributed by atoms with Crippen molar-refractivity contribution in [2.24, 2.45) is 0 Å². The predicted octanol–water partition coefficient (Wildman–Crippen LogP) is 5.23. The number of nitrogens with zero attached hydrogens (tertiary/aromatic N) is 1. The van der Waals surface area contributed by atoms with Gasteiger partial charge in [0.1, 0.15) is 11.6 Å². The fraction of sp³-hybridized carbons (Fsp3) is 0.444. The van der Waals surface area contributed by atoms with Gasteiger partial charge in [-0.05, 0) is 76.9 Å². The second kappa shape index (κ2) is 10.8. The number of hydrogen-bond donors (Lipinski definition) is 3. The Morgan fingerprint density at radius 3 is 2.31 bits per heavy atom. The van der Waals surface area contributed by atoms with Gasteiger partial charge in [0, 0.05) is 29.5 Å². The van der Waals surface area contributed by atoms with Gasteiger partial charge in [-0.1, -0.05) is 25.1 Å². The first kappa shape index (κ1) is 26.1. The van der Waals surface area contributed by atoms with Crippen molar-refractivity contribution in [3.63, 3.8) is 0 Å². The van der Waals surface area contributed by atoms with Crippen LogP contribution in [0.2, 0.25) is 0 Å². The van der Waals surface area contributed by atoms with Crippen LogP contribution in [0.25, 0.3) is 0 Å². The van der Waals surface area contributed by atoms with E-state index in [0.29, 0.717) is 12.1 Å². The van der Waals surface area contributed by atoms with Gasteiger partial charge in [0.2, 0.25) is 11.8 Å². The van der Waals surface area contributed by atoms with E-state index >= 15 is 0 Å². The van der Waals surface area contributed by atoms with E-state index in [0.717, 1.165) is 23.4 Å². The van der Waals surface area contributed by atoms with Gasteiger partial charge in [0.05, 0.1) is 6.04 Å². The fourth-order valence-corrected chi connectivity index (χ4v) is 4.15. The summed E-state index contributed by atoms with van der Waals surface area (Å²) in [5.74, 6) is -0.217. The van der Waals surface area contributed by atoms with Crippen LogP contribution in [0, 0.1) is 0 Å². The van der Waals surface area contributed by atoms with Crippen LogP contribution in [0.5, 0.6) is 0 Å². The molecule has 2 aromatic rings. The largest absolute Gasteiger partial charge is 0.444 e. The molecule has 0 unspecified atom stereocenters. The van der Waals surface area contributed by atoms with Gasteiger partial charge < -0.3 is 25.6 Å². The van der Waals surface area contributed by atoms with E-state index in [2.05, 4.69) is 28.9 Å². The molecular weight excluding hydrogens is 444 g/mol. The van der Waals surface area contributed by atoms with Gasteiger partial charge in [-0.3, -0.25) is 9.59 Å². The number of carbonyl (C=O) groups is 3. The summed E-state index contributed by atoms with van der Waals surface area (Å²) in [5.41, 5.74) is 2.93. The fourth-order valence-electron chi connectivity index (χ4n) is 4.15. The highest BCUT2D eigenvalue weighted by Gasteiger charge is 2.32. The summed E-state index contributed by atoms with van der Waals surface area (Å²) in [5, 5.41) is 8.92. The van der Waals surface area contributed by atoms with Crippen molar-refractivity contribution in [1.29, 1.82) is 0 Å². The molecule has 3 N–H and O–H groups in total. The number of rotatable bonds is 6. The lowest BCUT2D eigenvalue weighted by atomic mass is 9.91. The van der Waals surface area contributed by atoms with Gasteiger partial charge >= 0.3 is 6.09 Å². The SMILES string of the molecule is CCC(=O)N1c2ccccc2[C@H](Nc2ccc(NC(=O)[C@H](C)NC(=O)OC(C)(C)C)cc2)C[C@@H]1C. The standard InChI is InChI=1S/C27H36N4O4/c1-7-24(32)31-17(2)16-22(21-10-8-9-11-23(21)31)29-19-12-14-20(15-13-19)30-25(33)18(3)28-26(34)35-27(4,5)6/h8-15,17-18,22,29H,7,16H2,1-6H3,(H,28,34)(H,30,33)/t17-,18-,22+/m0/s1. The molecule has 188 valence electrons. The highest BCUT2D eigenvalue weighted by Crippen LogP contribution is 2.39. The van der Waals surface area contributed by atoms with Crippen molar-refractivity contribution in [2.75, 3.05) is 15.5 Å². The first-order valence-corrected chi connectivity index (χ1v) is 12.1. The Balaban J connectivity index is 1.64. The van der Waals surface area contributed by atoms with Gasteiger partial charge in [-0.15, -0.1) is 0 Å². The van der Waals surface area contributed by atoms with Crippen LogP contribution in [0.3, 0.4) is 0 Å². The van der Waals surface area contributed by atoms with E-state index in [4.69, 9.17) is 4.74 Å². The summed E-state index contributed by atoms with van der Waals surface area (Å²) in [4.78, 5) is 38.8. The third kappa shape index (κ3) is 6.74. The number of ether oxygens (including phenoxy) is 1. The third-order valence-corrected chi connectivity index (χ3v) is 5.78. The molecule has 3 atom stereocenters. The van der Waals surface area contributed by atoms with Crippen molar-refractivity contribution in [1.82, 2.24) is 5.32 Å². The molecular formula is C27H36N4O4. The zero-order chi connectivity index (χ0) is 25.8. The second-order valence-corrected chi connectivity index (χ2v) is 9.89. The molecule has 0 aromatic heterocycles. The number of fused-ring (bicyclic) bond motifs is 1. The van der Waals surface area contributed by atoms with E-state index in [9.17, 15) is 14.4 Å². The molecule has 1 aliphatic heterocycles. The lowest BCUT2D eigenvalue weighted by Crippen LogP contribution is -2.44. The summed E-state index contributed by atoms with van der Waals surface area (Å²) in [6.07, 6.45) is 0.617. The lowest BCUT2D eigenvalue weighted by Gasteiger charge is -2.40. The predicted molar refractivity (Wildman–Crippen MR) is 139 cm³/mol. The minimum atomic E-state index is -0.753. The summed E-state index contributed by atoms with van der Waals surface area (Å²) >= 11 is 0. The molecule has 0 aliphatic carbocycles. The van der Waals surface area contributed by atoms with E-state index in [1.54, 1.807) is 27.7 Å². The zero-order valence-corrected chi connectivity index (χ0v) is 21.3. The Hall–Kier alpha value is -3.55. The van der Waals surface area contributed by atoms with Gasteiger partial charge in [-0.2, -0.15) is 0 Å². The van der Waals surface area contributed by atoms with E-state index < -0.39 is 17.7 Å². The molecule has 8 nitrogen and oxygen atoms in total. The van der Waals surface area contributed by atoms with E-state index in [1.165, 1.54) is 0 Å². The van der Waals surface area contributed by atoms with Crippen LogP contribution in [0.4, 0.5) is 21.9 Å². The first-order chi connectivity index (χ1) is 16.5. The van der Waals surface area contributed by atoms with Crippen molar-refractivity contribution in [3.05, 3.63) is 54.1 Å². The monoisotopic (exact) mass is 480 g/mol. The first-order valence-electron chi connectivity index (χ1n) is 12.1. The minimum absolute atomic E-state index is 0.0561. The van der Waals surface area contributed by atoms with Crippen LogP contribution in [-0.2, 0) is 14.3 Å². The van der Waals surface area contributed by atoms with E-state index in [-0.39, 0.29) is 23.9 Å². The molecule has 0 saturated carbocycles. The summed E-state index contributed by atoms with van der Waals surface area (Å²) in [7, 11) is 0. The Morgan fingerprint density at radius 1 is 1.06 bits per heavy atom. The van der Waals surface area contributed by atoms with Crippen LogP contribution < -0.4 is 20.9 Å². The molecule has 3 amide bonds. The topological polar surface area (TPSA) is 99.8 Å². The van der Waals surface area contributed by atoms with Crippen LogP contribution in [0.1, 0.15) is 66.0 Å². The smallest absolute Gasteiger partial charge is 0.408 e. The number of nitrogens with one attached hydrogen (secondary N) is 3. The highest BCUT2D eigenvalue weighted by molar-refractivity contribution is 5.96. The average Bonchev–Trinajstić information content (AvgIpc) is 2.78. The zero-order valence-electron chi connectivity index (χ0n) is 21.3. The molecule has 8 heteroatoms. The molecule has 0 radical (unpaired) electrons. The van der Waals surface area contributed by atoms with Crippen molar-refractivity contribution in [2.45, 2.75) is 78.1 Å². The van der Waals surface area contributed by atoms with Gasteiger partial charge in [0.25, 0.3) is 0 Å². The van der Waals surface area contributed by atoms with Gasteiger partial charge in [0.15, 0.2) is 0 Å². The third-order valence-electron chi connectivity index (χ3n) is 5.78. The molecule has 0 saturated heterocycles. The molecule has 1 heterocycles. The Labute approximate surface area is 207 Å². The maximum atomic E-state index is 12.5. The average molecular weight is 481 g/mol. The number of alkyl carbamates (subject to hydrolysis) is 1. The second-order valence-electron chi connectivity index (χ2n) is 9.89. The van der Waals surface area contributed by atoms with Crippen LogP contribution in [-0.4, -0.2) is 35.6 Å². The Morgan fingerprint density at radius 2 is 1.69 bits per heavy atom.